The number of H-pyrrole nitrogens is 1. The largest absolute Gasteiger partial charge is 0.492 e. The molecule has 42 heavy (non-hydrogen) atoms. The van der Waals surface area contributed by atoms with Crippen molar-refractivity contribution in [1.82, 2.24) is 20.4 Å². The Labute approximate surface area is 242 Å². The maximum Gasteiger partial charge on any atom is 0.393 e. The molecule has 4 aromatic rings. The van der Waals surface area contributed by atoms with E-state index in [9.17, 15) is 22.4 Å². The molecule has 0 fully saturated rings. The number of allylic oxidation sites excluding steroid dienone is 1. The van der Waals surface area contributed by atoms with E-state index in [1.54, 1.807) is 85.7 Å². The van der Waals surface area contributed by atoms with Gasteiger partial charge in [0.15, 0.2) is 0 Å². The number of alkyl halides is 3. The summed E-state index contributed by atoms with van der Waals surface area (Å²) in [6.45, 7) is 3.60. The monoisotopic (exact) mass is 582 g/mol. The first-order valence-corrected chi connectivity index (χ1v) is 13.6. The topological polar surface area (TPSA) is 70.2 Å². The average Bonchev–Trinajstić information content (AvgIpc) is 3.33. The van der Waals surface area contributed by atoms with Gasteiger partial charge >= 0.3 is 6.18 Å². The molecule has 0 saturated heterocycles. The normalized spacial score (nSPS) is 13.1. The van der Waals surface area contributed by atoms with Gasteiger partial charge in [0, 0.05) is 27.1 Å². The lowest BCUT2D eigenvalue weighted by Crippen LogP contribution is -2.30. The summed E-state index contributed by atoms with van der Waals surface area (Å²) in [5.41, 5.74) is 2.19. The van der Waals surface area contributed by atoms with E-state index in [-0.39, 0.29) is 22.8 Å². The van der Waals surface area contributed by atoms with E-state index in [1.807, 2.05) is 6.92 Å². The van der Waals surface area contributed by atoms with Crippen LogP contribution in [0.15, 0.2) is 72.8 Å². The lowest BCUT2D eigenvalue weighted by Gasteiger charge is -2.19. The van der Waals surface area contributed by atoms with Gasteiger partial charge in [-0.05, 0) is 64.6 Å². The summed E-state index contributed by atoms with van der Waals surface area (Å²) in [4.78, 5) is 13.4. The standard InChI is InChI=1S/C32H34F4N4O2/c1-21(17-29(41)40(2)3)20-37-15-16-42-25-12-9-23(10-13-25)30(24-11-14-28-26(18-24)31(33)39-38-28)27(19-32(34,35)36)22-7-5-4-6-8-22/h4-14,18,21,37H,15-17,19-20H2,1-3H3,(H,38,39)/b30-27+. The first-order chi connectivity index (χ1) is 20.0. The summed E-state index contributed by atoms with van der Waals surface area (Å²) in [6.07, 6.45) is -5.19. The summed E-state index contributed by atoms with van der Waals surface area (Å²) < 4.78 is 62.0. The molecule has 6 nitrogen and oxygen atoms in total. The number of nitrogens with zero attached hydrogens (tertiary/aromatic N) is 2. The van der Waals surface area contributed by atoms with Gasteiger partial charge in [-0.25, -0.2) is 0 Å². The number of hydrogen-bond donors (Lipinski definition) is 2. The van der Waals surface area contributed by atoms with E-state index in [4.69, 9.17) is 4.74 Å². The molecular weight excluding hydrogens is 548 g/mol. The zero-order chi connectivity index (χ0) is 30.3. The predicted molar refractivity (Wildman–Crippen MR) is 156 cm³/mol. The third-order valence-electron chi connectivity index (χ3n) is 6.80. The molecule has 0 aliphatic carbocycles. The van der Waals surface area contributed by atoms with Crippen molar-refractivity contribution < 1.29 is 27.1 Å². The van der Waals surface area contributed by atoms with Gasteiger partial charge in [0.2, 0.25) is 11.9 Å². The van der Waals surface area contributed by atoms with E-state index >= 15 is 0 Å². The lowest BCUT2D eigenvalue weighted by molar-refractivity contribution is -0.129. The highest BCUT2D eigenvalue weighted by Crippen LogP contribution is 2.40. The van der Waals surface area contributed by atoms with Crippen molar-refractivity contribution in [2.45, 2.75) is 25.9 Å². The zero-order valence-corrected chi connectivity index (χ0v) is 23.8. The van der Waals surface area contributed by atoms with Gasteiger partial charge in [0.05, 0.1) is 17.3 Å². The van der Waals surface area contributed by atoms with E-state index in [0.29, 0.717) is 59.6 Å². The molecule has 0 aliphatic rings. The molecule has 222 valence electrons. The van der Waals surface area contributed by atoms with Crippen molar-refractivity contribution >= 4 is 28.0 Å². The number of ether oxygens (including phenoxy) is 1. The molecule has 1 unspecified atom stereocenters. The van der Waals surface area contributed by atoms with Gasteiger partial charge in [-0.3, -0.25) is 9.89 Å². The smallest absolute Gasteiger partial charge is 0.393 e. The molecule has 0 saturated carbocycles. The molecule has 0 spiro atoms. The molecule has 0 aliphatic heterocycles. The van der Waals surface area contributed by atoms with Crippen molar-refractivity contribution in [1.29, 1.82) is 0 Å². The molecule has 1 atom stereocenters. The number of amides is 1. The number of halogens is 4. The van der Waals surface area contributed by atoms with Crippen LogP contribution in [0.5, 0.6) is 5.75 Å². The molecule has 0 bridgehead atoms. The Morgan fingerprint density at radius 2 is 1.69 bits per heavy atom. The van der Waals surface area contributed by atoms with E-state index in [2.05, 4.69) is 15.5 Å². The Hall–Kier alpha value is -4.18. The van der Waals surface area contributed by atoms with Crippen LogP contribution in [-0.2, 0) is 4.79 Å². The molecule has 10 heteroatoms. The molecule has 2 N–H and O–H groups in total. The Bertz CT molecular complexity index is 1510. The fraction of sp³-hybridized carbons (Fsp3) is 0.312. The van der Waals surface area contributed by atoms with Gasteiger partial charge in [0.25, 0.3) is 0 Å². The predicted octanol–water partition coefficient (Wildman–Crippen LogP) is 6.70. The van der Waals surface area contributed by atoms with Gasteiger partial charge < -0.3 is 15.0 Å². The molecule has 1 heterocycles. The summed E-state index contributed by atoms with van der Waals surface area (Å²) in [5.74, 6) is 0.160. The quantitative estimate of drug-likeness (QED) is 0.111. The molecular formula is C32H34F4N4O2. The Morgan fingerprint density at radius 3 is 2.36 bits per heavy atom. The van der Waals surface area contributed by atoms with Crippen LogP contribution in [0.1, 0.15) is 36.5 Å². The van der Waals surface area contributed by atoms with Crippen LogP contribution in [0.25, 0.3) is 22.0 Å². The summed E-state index contributed by atoms with van der Waals surface area (Å²) >= 11 is 0. The number of carbonyl (C=O) groups is 1. The first kappa shape index (κ1) is 30.8. The highest BCUT2D eigenvalue weighted by Gasteiger charge is 2.31. The highest BCUT2D eigenvalue weighted by atomic mass is 19.4. The Morgan fingerprint density at radius 1 is 1.00 bits per heavy atom. The minimum Gasteiger partial charge on any atom is -0.492 e. The van der Waals surface area contributed by atoms with Crippen molar-refractivity contribution in [2.24, 2.45) is 5.92 Å². The Balaban J connectivity index is 1.58. The minimum absolute atomic E-state index is 0.0751. The number of rotatable bonds is 12. The van der Waals surface area contributed by atoms with Gasteiger partial charge in [0.1, 0.15) is 12.4 Å². The second-order valence-corrected chi connectivity index (χ2v) is 10.5. The molecule has 4 rings (SSSR count). The number of fused-ring (bicyclic) bond motifs is 1. The third kappa shape index (κ3) is 8.19. The van der Waals surface area contributed by atoms with Gasteiger partial charge in [-0.2, -0.15) is 22.7 Å². The van der Waals surface area contributed by atoms with Crippen molar-refractivity contribution in [3.05, 3.63) is 95.4 Å². The average molecular weight is 583 g/mol. The van der Waals surface area contributed by atoms with Gasteiger partial charge in [-0.15, -0.1) is 0 Å². The molecule has 3 aromatic carbocycles. The maximum absolute atomic E-state index is 14.4. The number of aromatic nitrogens is 2. The van der Waals surface area contributed by atoms with Crippen molar-refractivity contribution in [2.75, 3.05) is 33.8 Å². The van der Waals surface area contributed by atoms with Gasteiger partial charge in [-0.1, -0.05) is 55.5 Å². The van der Waals surface area contributed by atoms with Crippen molar-refractivity contribution in [3.8, 4) is 5.75 Å². The Kier molecular flexibility index (Phi) is 10.0. The minimum atomic E-state index is -4.48. The summed E-state index contributed by atoms with van der Waals surface area (Å²) in [5, 5.41) is 9.65. The van der Waals surface area contributed by atoms with Crippen LogP contribution < -0.4 is 10.1 Å². The van der Waals surface area contributed by atoms with E-state index < -0.39 is 18.5 Å². The maximum atomic E-state index is 14.4. The second kappa shape index (κ2) is 13.7. The zero-order valence-electron chi connectivity index (χ0n) is 23.8. The highest BCUT2D eigenvalue weighted by molar-refractivity contribution is 6.00. The van der Waals surface area contributed by atoms with Crippen LogP contribution in [0.2, 0.25) is 0 Å². The number of hydrogen-bond acceptors (Lipinski definition) is 4. The van der Waals surface area contributed by atoms with E-state index in [0.717, 1.165) is 0 Å². The second-order valence-electron chi connectivity index (χ2n) is 10.5. The summed E-state index contributed by atoms with van der Waals surface area (Å²) in [7, 11) is 3.47. The molecule has 1 amide bonds. The number of aromatic amines is 1. The van der Waals surface area contributed by atoms with Crippen LogP contribution in [0.3, 0.4) is 0 Å². The fourth-order valence-electron chi connectivity index (χ4n) is 4.68. The third-order valence-corrected chi connectivity index (χ3v) is 6.80. The first-order valence-electron chi connectivity index (χ1n) is 13.6. The number of benzene rings is 3. The molecule has 1 aromatic heterocycles. The van der Waals surface area contributed by atoms with E-state index in [1.165, 1.54) is 6.07 Å². The van der Waals surface area contributed by atoms with Crippen molar-refractivity contribution in [3.63, 3.8) is 0 Å². The van der Waals surface area contributed by atoms with Crippen LogP contribution in [0, 0.1) is 11.9 Å². The number of carbonyl (C=O) groups excluding carboxylic acids is 1. The van der Waals surface area contributed by atoms with Crippen LogP contribution >= 0.6 is 0 Å². The fourth-order valence-corrected chi connectivity index (χ4v) is 4.68. The summed E-state index contributed by atoms with van der Waals surface area (Å²) in [6, 6.07) is 20.0. The van der Waals surface area contributed by atoms with Crippen LogP contribution in [0.4, 0.5) is 17.6 Å². The van der Waals surface area contributed by atoms with Crippen LogP contribution in [-0.4, -0.2) is 61.0 Å². The lowest BCUT2D eigenvalue weighted by atomic mass is 9.87. The number of nitrogens with one attached hydrogen (secondary N) is 2. The molecule has 0 radical (unpaired) electrons. The SMILES string of the molecule is CC(CNCCOc1ccc(/C(=C(/CC(F)(F)F)c2ccccc2)c2ccc3n[nH]c(F)c3c2)cc1)CC(=O)N(C)C.